The number of ether oxygens (including phenoxy) is 2. The lowest BCUT2D eigenvalue weighted by Gasteiger charge is -1.97. The topological polar surface area (TPSA) is 52.6 Å². The first-order chi connectivity index (χ1) is 8.45. The number of hydrogen-bond donors (Lipinski definition) is 0. The maximum Gasteiger partial charge on any atom is 0.334 e. The minimum Gasteiger partial charge on any atom is -0.449 e. The maximum atomic E-state index is 10.9. The normalized spacial score (nSPS) is 7.89. The number of hydrogen-bond acceptors (Lipinski definition) is 4. The van der Waals surface area contributed by atoms with Crippen LogP contribution < -0.4 is 0 Å². The first-order valence-electron chi connectivity index (χ1n) is 5.06. The van der Waals surface area contributed by atoms with E-state index in [0.29, 0.717) is 11.1 Å². The van der Waals surface area contributed by atoms with Crippen LogP contribution in [0.2, 0.25) is 0 Å². The Kier molecular flexibility index (Phi) is 7.48. The van der Waals surface area contributed by atoms with E-state index < -0.39 is 11.9 Å². The van der Waals surface area contributed by atoms with Crippen LogP contribution in [-0.4, -0.2) is 25.2 Å². The van der Waals surface area contributed by atoms with Gasteiger partial charge in [-0.2, -0.15) is 0 Å². The average Bonchev–Trinajstić information content (AvgIpc) is 2.31. The molecule has 4 heteroatoms. The zero-order chi connectivity index (χ0) is 14.0. The average molecular weight is 246 g/mol. The zero-order valence-corrected chi connectivity index (χ0v) is 10.5. The van der Waals surface area contributed by atoms with E-state index in [1.807, 2.05) is 0 Å². The van der Waals surface area contributed by atoms with Crippen LogP contribution in [0.4, 0.5) is 0 Å². The molecule has 4 nitrogen and oxygen atoms in total. The molecule has 0 atom stereocenters. The summed E-state index contributed by atoms with van der Waals surface area (Å²) in [6.07, 6.45) is 0. The second-order valence-corrected chi connectivity index (χ2v) is 3.32. The Labute approximate surface area is 107 Å². The fourth-order valence-corrected chi connectivity index (χ4v) is 0.610. The van der Waals surface area contributed by atoms with Gasteiger partial charge in [-0.15, -0.1) is 0 Å². The van der Waals surface area contributed by atoms with Gasteiger partial charge in [0.2, 0.25) is 0 Å². The third-order valence-electron chi connectivity index (χ3n) is 1.49. The molecule has 0 unspecified atom stereocenters. The summed E-state index contributed by atoms with van der Waals surface area (Å²) in [6.45, 7) is 9.83. The molecule has 0 aliphatic rings. The van der Waals surface area contributed by atoms with E-state index in [4.69, 9.17) is 9.47 Å². The van der Waals surface area contributed by atoms with Crippen molar-refractivity contribution in [3.8, 4) is 23.7 Å². The van der Waals surface area contributed by atoms with Crippen LogP contribution in [0.1, 0.15) is 13.8 Å². The van der Waals surface area contributed by atoms with Gasteiger partial charge in [-0.05, 0) is 37.5 Å². The predicted molar refractivity (Wildman–Crippen MR) is 67.1 cm³/mol. The van der Waals surface area contributed by atoms with E-state index in [1.165, 1.54) is 0 Å². The molecule has 18 heavy (non-hydrogen) atoms. The molecule has 0 bridgehead atoms. The second-order valence-electron chi connectivity index (χ2n) is 3.32. The lowest BCUT2D eigenvalue weighted by atomic mass is 10.4. The standard InChI is InChI=1S/C14H14O4/c1-11(2)13(15)17-9-7-5-6-8-10-18-14(16)12(3)4/h1,3,9-10H2,2,4H3. The van der Waals surface area contributed by atoms with Gasteiger partial charge < -0.3 is 9.47 Å². The van der Waals surface area contributed by atoms with Gasteiger partial charge in [0, 0.05) is 11.1 Å². The molecule has 0 amide bonds. The highest BCUT2D eigenvalue weighted by molar-refractivity contribution is 5.87. The zero-order valence-electron chi connectivity index (χ0n) is 10.5. The smallest absolute Gasteiger partial charge is 0.334 e. The Morgan fingerprint density at radius 2 is 1.22 bits per heavy atom. The number of esters is 2. The first kappa shape index (κ1) is 15.5. The van der Waals surface area contributed by atoms with Gasteiger partial charge in [0.1, 0.15) is 0 Å². The molecule has 0 aromatic heterocycles. The molecule has 0 radical (unpaired) electrons. The first-order valence-corrected chi connectivity index (χ1v) is 5.06. The number of carbonyl (C=O) groups excluding carboxylic acids is 2. The van der Waals surface area contributed by atoms with Crippen molar-refractivity contribution in [3.05, 3.63) is 24.3 Å². The number of carbonyl (C=O) groups is 2. The summed E-state index contributed by atoms with van der Waals surface area (Å²) in [5.41, 5.74) is 0.629. The molecular weight excluding hydrogens is 232 g/mol. The van der Waals surface area contributed by atoms with E-state index in [9.17, 15) is 9.59 Å². The highest BCUT2D eigenvalue weighted by atomic mass is 16.5. The lowest BCUT2D eigenvalue weighted by molar-refractivity contribution is -0.138. The maximum absolute atomic E-state index is 10.9. The fourth-order valence-electron chi connectivity index (χ4n) is 0.610. The summed E-state index contributed by atoms with van der Waals surface area (Å²) >= 11 is 0. The van der Waals surface area contributed by atoms with Crippen molar-refractivity contribution in [3.63, 3.8) is 0 Å². The van der Waals surface area contributed by atoms with Crippen LogP contribution in [0.3, 0.4) is 0 Å². The van der Waals surface area contributed by atoms with Crippen molar-refractivity contribution in [1.29, 1.82) is 0 Å². The van der Waals surface area contributed by atoms with E-state index in [-0.39, 0.29) is 13.2 Å². The van der Waals surface area contributed by atoms with Crippen molar-refractivity contribution in [2.45, 2.75) is 13.8 Å². The summed E-state index contributed by atoms with van der Waals surface area (Å²) in [6, 6.07) is 0. The Balaban J connectivity index is 3.85. The van der Waals surface area contributed by atoms with E-state index in [1.54, 1.807) is 13.8 Å². The highest BCUT2D eigenvalue weighted by Gasteiger charge is 2.00. The van der Waals surface area contributed by atoms with Gasteiger partial charge in [-0.1, -0.05) is 13.2 Å². The number of rotatable bonds is 4. The summed E-state index contributed by atoms with van der Waals surface area (Å²) in [4.78, 5) is 21.9. The highest BCUT2D eigenvalue weighted by Crippen LogP contribution is 1.91. The van der Waals surface area contributed by atoms with Gasteiger partial charge in [0.25, 0.3) is 0 Å². The second kappa shape index (κ2) is 8.66. The minimum absolute atomic E-state index is 0.0497. The van der Waals surface area contributed by atoms with E-state index in [2.05, 4.69) is 36.8 Å². The van der Waals surface area contributed by atoms with Crippen LogP contribution >= 0.6 is 0 Å². The molecule has 0 aromatic carbocycles. The Morgan fingerprint density at radius 3 is 1.50 bits per heavy atom. The van der Waals surface area contributed by atoms with Crippen LogP contribution in [0.15, 0.2) is 24.3 Å². The molecular formula is C14H14O4. The predicted octanol–water partition coefficient (Wildman–Crippen LogP) is 1.23. The van der Waals surface area contributed by atoms with Crippen LogP contribution in [0.5, 0.6) is 0 Å². The minimum atomic E-state index is -0.493. The lowest BCUT2D eigenvalue weighted by Crippen LogP contribution is -2.04. The van der Waals surface area contributed by atoms with Crippen molar-refractivity contribution in [2.24, 2.45) is 0 Å². The largest absolute Gasteiger partial charge is 0.449 e. The van der Waals surface area contributed by atoms with E-state index in [0.717, 1.165) is 0 Å². The van der Waals surface area contributed by atoms with Crippen molar-refractivity contribution >= 4 is 11.9 Å². The SMILES string of the molecule is C=C(C)C(=O)OCC#CC#CCOC(=O)C(=C)C. The van der Waals surface area contributed by atoms with Crippen LogP contribution in [0.25, 0.3) is 0 Å². The molecule has 0 aliphatic carbocycles. The van der Waals surface area contributed by atoms with Gasteiger partial charge in [-0.25, -0.2) is 9.59 Å². The van der Waals surface area contributed by atoms with Gasteiger partial charge in [0.05, 0.1) is 0 Å². The molecule has 0 saturated heterocycles. The monoisotopic (exact) mass is 246 g/mol. The Hall–Kier alpha value is -2.46. The fraction of sp³-hybridized carbons (Fsp3) is 0.286. The molecule has 94 valence electrons. The molecule has 0 saturated carbocycles. The van der Waals surface area contributed by atoms with Crippen LogP contribution in [-0.2, 0) is 19.1 Å². The summed E-state index contributed by atoms with van der Waals surface area (Å²) in [5, 5.41) is 0. The molecule has 0 heterocycles. The molecule has 0 fully saturated rings. The van der Waals surface area contributed by atoms with Crippen molar-refractivity contribution < 1.29 is 19.1 Å². The Morgan fingerprint density at radius 1 is 0.889 bits per heavy atom. The van der Waals surface area contributed by atoms with Crippen molar-refractivity contribution in [2.75, 3.05) is 13.2 Å². The summed E-state index contributed by atoms with van der Waals surface area (Å²) in [5.74, 6) is 8.95. The quantitative estimate of drug-likeness (QED) is 0.425. The molecule has 0 rings (SSSR count). The Bertz CT molecular complexity index is 431. The van der Waals surface area contributed by atoms with Gasteiger partial charge in [0.15, 0.2) is 13.2 Å². The van der Waals surface area contributed by atoms with Crippen molar-refractivity contribution in [1.82, 2.24) is 0 Å². The third-order valence-corrected chi connectivity index (χ3v) is 1.49. The summed E-state index contributed by atoms with van der Waals surface area (Å²) in [7, 11) is 0. The molecule has 0 N–H and O–H groups in total. The van der Waals surface area contributed by atoms with Gasteiger partial charge >= 0.3 is 11.9 Å². The molecule has 0 aromatic rings. The molecule has 0 aliphatic heterocycles. The van der Waals surface area contributed by atoms with E-state index >= 15 is 0 Å². The van der Waals surface area contributed by atoms with Crippen LogP contribution in [0, 0.1) is 23.7 Å². The van der Waals surface area contributed by atoms with Gasteiger partial charge in [-0.3, -0.25) is 0 Å². The molecule has 0 spiro atoms. The summed E-state index contributed by atoms with van der Waals surface area (Å²) < 4.78 is 9.41. The third kappa shape index (κ3) is 7.78.